The van der Waals surface area contributed by atoms with Gasteiger partial charge in [-0.1, -0.05) is 26.2 Å². The first-order valence-corrected chi connectivity index (χ1v) is 9.76. The molecule has 0 aliphatic heterocycles. The standard InChI is InChI=1S/C20H33F/c1-19-10-3-2-5-15(19)7-8-16-17(19)9-12-20(13-14-21)11-4-6-18(16)20/h15-18H,2-14H2,1H3/t15?,16-,17+,18+,19+,20+/m1/s1. The Labute approximate surface area is 130 Å². The van der Waals surface area contributed by atoms with E-state index in [4.69, 9.17) is 0 Å². The highest BCUT2D eigenvalue weighted by atomic mass is 19.1. The van der Waals surface area contributed by atoms with Gasteiger partial charge in [-0.3, -0.25) is 4.39 Å². The number of fused-ring (bicyclic) bond motifs is 5. The molecule has 0 bridgehead atoms. The Hall–Kier alpha value is -0.0700. The minimum atomic E-state index is -0.0756. The van der Waals surface area contributed by atoms with Crippen LogP contribution >= 0.6 is 0 Å². The molecule has 120 valence electrons. The second kappa shape index (κ2) is 5.24. The van der Waals surface area contributed by atoms with E-state index in [1.54, 1.807) is 0 Å². The van der Waals surface area contributed by atoms with Crippen LogP contribution in [0.4, 0.5) is 4.39 Å². The molecule has 0 saturated heterocycles. The van der Waals surface area contributed by atoms with Crippen LogP contribution < -0.4 is 0 Å². The molecule has 1 unspecified atom stereocenters. The van der Waals surface area contributed by atoms with Gasteiger partial charge in [0.2, 0.25) is 0 Å². The molecule has 21 heavy (non-hydrogen) atoms. The maximum atomic E-state index is 13.2. The van der Waals surface area contributed by atoms with Crippen molar-refractivity contribution in [3.05, 3.63) is 0 Å². The lowest BCUT2D eigenvalue weighted by Crippen LogP contribution is -2.52. The topological polar surface area (TPSA) is 0 Å². The molecule has 0 spiro atoms. The zero-order chi connectivity index (χ0) is 14.5. The SMILES string of the molecule is C[C@]12CCCCC1CC[C@H]1[C@@H]3CCC[C@@]3(CCF)CC[C@@H]12. The summed E-state index contributed by atoms with van der Waals surface area (Å²) in [6, 6.07) is 0. The Kier molecular flexibility index (Phi) is 3.62. The maximum Gasteiger partial charge on any atom is 0.0899 e. The van der Waals surface area contributed by atoms with Crippen LogP contribution in [-0.2, 0) is 0 Å². The second-order valence-electron chi connectivity index (χ2n) is 9.13. The van der Waals surface area contributed by atoms with Gasteiger partial charge < -0.3 is 0 Å². The first-order chi connectivity index (χ1) is 10.2. The minimum absolute atomic E-state index is 0.0756. The molecule has 0 nitrogen and oxygen atoms in total. The smallest absolute Gasteiger partial charge is 0.0899 e. The van der Waals surface area contributed by atoms with Crippen LogP contribution in [0.25, 0.3) is 0 Å². The lowest BCUT2D eigenvalue weighted by molar-refractivity contribution is -0.109. The van der Waals surface area contributed by atoms with Gasteiger partial charge in [0.25, 0.3) is 0 Å². The van der Waals surface area contributed by atoms with Gasteiger partial charge in [-0.15, -0.1) is 0 Å². The normalized spacial score (nSPS) is 52.9. The summed E-state index contributed by atoms with van der Waals surface area (Å²) in [6.07, 6.45) is 16.7. The van der Waals surface area contributed by atoms with E-state index >= 15 is 0 Å². The van der Waals surface area contributed by atoms with Crippen molar-refractivity contribution < 1.29 is 4.39 Å². The van der Waals surface area contributed by atoms with Crippen molar-refractivity contribution in [1.29, 1.82) is 0 Å². The van der Waals surface area contributed by atoms with Gasteiger partial charge in [-0.05, 0) is 92.3 Å². The number of hydrogen-bond donors (Lipinski definition) is 0. The summed E-state index contributed by atoms with van der Waals surface area (Å²) < 4.78 is 13.2. The van der Waals surface area contributed by atoms with E-state index in [2.05, 4.69) is 6.92 Å². The highest BCUT2D eigenvalue weighted by molar-refractivity contribution is 5.07. The Morgan fingerprint density at radius 3 is 2.62 bits per heavy atom. The molecule has 4 fully saturated rings. The van der Waals surface area contributed by atoms with E-state index in [1.807, 2.05) is 0 Å². The molecular weight excluding hydrogens is 259 g/mol. The lowest BCUT2D eigenvalue weighted by atomic mass is 9.45. The Bertz CT molecular complexity index is 391. The summed E-state index contributed by atoms with van der Waals surface area (Å²) in [7, 11) is 0. The van der Waals surface area contributed by atoms with E-state index in [9.17, 15) is 4.39 Å². The van der Waals surface area contributed by atoms with Crippen molar-refractivity contribution in [3.63, 3.8) is 0 Å². The zero-order valence-electron chi connectivity index (χ0n) is 13.9. The van der Waals surface area contributed by atoms with Crippen LogP contribution in [0.1, 0.15) is 84.0 Å². The van der Waals surface area contributed by atoms with Crippen LogP contribution in [0.2, 0.25) is 0 Å². The summed E-state index contributed by atoms with van der Waals surface area (Å²) in [5, 5.41) is 0. The van der Waals surface area contributed by atoms with Crippen LogP contribution in [0, 0.1) is 34.5 Å². The summed E-state index contributed by atoms with van der Waals surface area (Å²) in [5.74, 6) is 3.83. The van der Waals surface area contributed by atoms with E-state index in [1.165, 1.54) is 70.6 Å². The summed E-state index contributed by atoms with van der Waals surface area (Å²) in [4.78, 5) is 0. The number of halogens is 1. The average Bonchev–Trinajstić information content (AvgIpc) is 2.91. The van der Waals surface area contributed by atoms with Crippen molar-refractivity contribution in [2.75, 3.05) is 6.67 Å². The molecular formula is C20H33F. The molecule has 0 radical (unpaired) electrons. The second-order valence-corrected chi connectivity index (χ2v) is 9.13. The molecule has 1 heteroatoms. The number of hydrogen-bond acceptors (Lipinski definition) is 0. The van der Waals surface area contributed by atoms with Crippen LogP contribution in [0.15, 0.2) is 0 Å². The summed E-state index contributed by atoms with van der Waals surface area (Å²) >= 11 is 0. The van der Waals surface area contributed by atoms with Crippen LogP contribution in [0.5, 0.6) is 0 Å². The Balaban J connectivity index is 1.62. The zero-order valence-corrected chi connectivity index (χ0v) is 13.9. The Morgan fingerprint density at radius 1 is 0.857 bits per heavy atom. The van der Waals surface area contributed by atoms with Crippen molar-refractivity contribution in [2.45, 2.75) is 84.0 Å². The van der Waals surface area contributed by atoms with Crippen LogP contribution in [0.3, 0.4) is 0 Å². The molecule has 4 saturated carbocycles. The third-order valence-corrected chi connectivity index (χ3v) is 8.70. The van der Waals surface area contributed by atoms with E-state index in [-0.39, 0.29) is 6.67 Å². The van der Waals surface area contributed by atoms with Crippen molar-refractivity contribution in [2.24, 2.45) is 34.5 Å². The van der Waals surface area contributed by atoms with Crippen molar-refractivity contribution in [1.82, 2.24) is 0 Å². The first kappa shape index (κ1) is 14.5. The van der Waals surface area contributed by atoms with Gasteiger partial charge >= 0.3 is 0 Å². The highest BCUT2D eigenvalue weighted by Gasteiger charge is 2.58. The number of rotatable bonds is 2. The summed E-state index contributed by atoms with van der Waals surface area (Å²) in [6.45, 7) is 2.57. The Morgan fingerprint density at radius 2 is 1.76 bits per heavy atom. The molecule has 4 aliphatic carbocycles. The third-order valence-electron chi connectivity index (χ3n) is 8.70. The number of alkyl halides is 1. The van der Waals surface area contributed by atoms with Crippen molar-refractivity contribution in [3.8, 4) is 0 Å². The van der Waals surface area contributed by atoms with Gasteiger partial charge in [0.1, 0.15) is 0 Å². The van der Waals surface area contributed by atoms with Gasteiger partial charge in [-0.25, -0.2) is 0 Å². The fourth-order valence-electron chi connectivity index (χ4n) is 7.71. The van der Waals surface area contributed by atoms with E-state index in [0.29, 0.717) is 10.8 Å². The quantitative estimate of drug-likeness (QED) is 0.572. The monoisotopic (exact) mass is 292 g/mol. The summed E-state index contributed by atoms with van der Waals surface area (Å²) in [5.41, 5.74) is 1.07. The fraction of sp³-hybridized carbons (Fsp3) is 1.00. The predicted molar refractivity (Wildman–Crippen MR) is 85.9 cm³/mol. The molecule has 0 aromatic heterocycles. The van der Waals surface area contributed by atoms with Crippen LogP contribution in [-0.4, -0.2) is 6.67 Å². The largest absolute Gasteiger partial charge is 0.251 e. The molecule has 6 atom stereocenters. The predicted octanol–water partition coefficient (Wildman–Crippen LogP) is 6.15. The van der Waals surface area contributed by atoms with Gasteiger partial charge in [0.15, 0.2) is 0 Å². The third kappa shape index (κ3) is 2.05. The molecule has 0 amide bonds. The van der Waals surface area contributed by atoms with Gasteiger partial charge in [-0.2, -0.15) is 0 Å². The average molecular weight is 292 g/mol. The molecule has 0 heterocycles. The highest BCUT2D eigenvalue weighted by Crippen LogP contribution is 2.67. The molecule has 4 aliphatic rings. The first-order valence-electron chi connectivity index (χ1n) is 9.76. The lowest BCUT2D eigenvalue weighted by Gasteiger charge is -2.60. The van der Waals surface area contributed by atoms with E-state index < -0.39 is 0 Å². The molecule has 0 aromatic carbocycles. The minimum Gasteiger partial charge on any atom is -0.251 e. The molecule has 0 N–H and O–H groups in total. The van der Waals surface area contributed by atoms with Crippen molar-refractivity contribution >= 4 is 0 Å². The molecule has 4 rings (SSSR count). The molecule has 0 aromatic rings. The van der Waals surface area contributed by atoms with Gasteiger partial charge in [0, 0.05) is 0 Å². The fourth-order valence-corrected chi connectivity index (χ4v) is 7.71. The van der Waals surface area contributed by atoms with Gasteiger partial charge in [0.05, 0.1) is 6.67 Å². The van der Waals surface area contributed by atoms with E-state index in [0.717, 1.165) is 30.1 Å². The maximum absolute atomic E-state index is 13.2.